The first-order valence-electron chi connectivity index (χ1n) is 4.51. The Morgan fingerprint density at radius 2 is 2.07 bits per heavy atom. The molecule has 82 valence electrons. The Morgan fingerprint density at radius 1 is 1.40 bits per heavy atom. The normalized spacial score (nSPS) is 10.2. The van der Waals surface area contributed by atoms with Crippen LogP contribution in [0.2, 0.25) is 0 Å². The lowest BCUT2D eigenvalue weighted by atomic mass is 10.1. The SMILES string of the molecule is Cc1[nH]nc(CCCC(=O)O)c1C(=O)O. The number of hydrogen-bond acceptors (Lipinski definition) is 3. The molecule has 0 aliphatic heterocycles. The highest BCUT2D eigenvalue weighted by Gasteiger charge is 2.16. The number of aliphatic carboxylic acids is 1. The van der Waals surface area contributed by atoms with E-state index in [-0.39, 0.29) is 12.0 Å². The van der Waals surface area contributed by atoms with Crippen LogP contribution in [0.25, 0.3) is 0 Å². The fourth-order valence-corrected chi connectivity index (χ4v) is 1.35. The standard InChI is InChI=1S/C9H12N2O4/c1-5-8(9(14)15)6(11-10-5)3-2-4-7(12)13/h2-4H2,1H3,(H,10,11)(H,12,13)(H,14,15). The zero-order valence-electron chi connectivity index (χ0n) is 8.28. The molecular formula is C9H12N2O4. The number of nitrogens with zero attached hydrogens (tertiary/aromatic N) is 1. The van der Waals surface area contributed by atoms with Gasteiger partial charge in [0.15, 0.2) is 0 Å². The Hall–Kier alpha value is -1.85. The second kappa shape index (κ2) is 4.59. The van der Waals surface area contributed by atoms with Crippen LogP contribution < -0.4 is 0 Å². The summed E-state index contributed by atoms with van der Waals surface area (Å²) in [6.07, 6.45) is 0.767. The molecule has 6 heteroatoms. The van der Waals surface area contributed by atoms with Crippen LogP contribution in [0.1, 0.15) is 34.6 Å². The van der Waals surface area contributed by atoms with E-state index >= 15 is 0 Å². The quantitative estimate of drug-likeness (QED) is 0.670. The fraction of sp³-hybridized carbons (Fsp3) is 0.444. The first kappa shape index (κ1) is 11.2. The predicted octanol–water partition coefficient (Wildman–Crippen LogP) is 0.824. The third-order valence-corrected chi connectivity index (χ3v) is 2.04. The van der Waals surface area contributed by atoms with E-state index in [1.165, 1.54) is 0 Å². The maximum atomic E-state index is 10.8. The van der Waals surface area contributed by atoms with Gasteiger partial charge in [-0.25, -0.2) is 4.79 Å². The molecule has 0 bridgehead atoms. The Bertz CT molecular complexity index is 383. The highest BCUT2D eigenvalue weighted by Crippen LogP contribution is 2.13. The summed E-state index contributed by atoms with van der Waals surface area (Å²) in [5.41, 5.74) is 1.06. The van der Waals surface area contributed by atoms with Crippen molar-refractivity contribution in [3.05, 3.63) is 17.0 Å². The number of carboxylic acid groups (broad SMARTS) is 2. The van der Waals surface area contributed by atoms with Gasteiger partial charge in [0.05, 0.1) is 5.69 Å². The Balaban J connectivity index is 2.69. The van der Waals surface area contributed by atoms with Crippen LogP contribution in [0.5, 0.6) is 0 Å². The first-order valence-corrected chi connectivity index (χ1v) is 4.51. The van der Waals surface area contributed by atoms with E-state index in [1.54, 1.807) is 6.92 Å². The summed E-state index contributed by atoms with van der Waals surface area (Å²) in [4.78, 5) is 21.1. The van der Waals surface area contributed by atoms with Gasteiger partial charge in [0.25, 0.3) is 0 Å². The monoisotopic (exact) mass is 212 g/mol. The summed E-state index contributed by atoms with van der Waals surface area (Å²) < 4.78 is 0. The van der Waals surface area contributed by atoms with E-state index < -0.39 is 11.9 Å². The lowest BCUT2D eigenvalue weighted by Crippen LogP contribution is -2.03. The average Bonchev–Trinajstić information content (AvgIpc) is 2.46. The molecule has 15 heavy (non-hydrogen) atoms. The Morgan fingerprint density at radius 3 is 2.60 bits per heavy atom. The van der Waals surface area contributed by atoms with Gasteiger partial charge in [-0.15, -0.1) is 0 Å². The molecule has 1 heterocycles. The largest absolute Gasteiger partial charge is 0.481 e. The van der Waals surface area contributed by atoms with Crippen molar-refractivity contribution in [3.8, 4) is 0 Å². The van der Waals surface area contributed by atoms with Gasteiger partial charge in [-0.1, -0.05) is 0 Å². The molecule has 0 amide bonds. The molecule has 6 nitrogen and oxygen atoms in total. The third kappa shape index (κ3) is 2.80. The number of aromatic nitrogens is 2. The van der Waals surface area contributed by atoms with Crippen LogP contribution in [0.4, 0.5) is 0 Å². The zero-order chi connectivity index (χ0) is 11.4. The van der Waals surface area contributed by atoms with Crippen LogP contribution >= 0.6 is 0 Å². The highest BCUT2D eigenvalue weighted by molar-refractivity contribution is 5.90. The summed E-state index contributed by atoms with van der Waals surface area (Å²) >= 11 is 0. The summed E-state index contributed by atoms with van der Waals surface area (Å²) in [6, 6.07) is 0. The smallest absolute Gasteiger partial charge is 0.339 e. The van der Waals surface area contributed by atoms with Crippen LogP contribution in [-0.2, 0) is 11.2 Å². The van der Waals surface area contributed by atoms with Crippen molar-refractivity contribution in [3.63, 3.8) is 0 Å². The molecule has 0 spiro atoms. The molecule has 3 N–H and O–H groups in total. The van der Waals surface area contributed by atoms with E-state index in [2.05, 4.69) is 10.2 Å². The molecule has 0 saturated heterocycles. The molecule has 0 aliphatic carbocycles. The molecule has 1 aromatic rings. The molecule has 0 saturated carbocycles. The van der Waals surface area contributed by atoms with Gasteiger partial charge in [0.1, 0.15) is 5.56 Å². The van der Waals surface area contributed by atoms with Crippen molar-refractivity contribution in [1.82, 2.24) is 10.2 Å². The van der Waals surface area contributed by atoms with Crippen LogP contribution in [0.3, 0.4) is 0 Å². The molecule has 1 rings (SSSR count). The lowest BCUT2D eigenvalue weighted by molar-refractivity contribution is -0.137. The van der Waals surface area contributed by atoms with Gasteiger partial charge < -0.3 is 10.2 Å². The first-order chi connectivity index (χ1) is 7.02. The number of aryl methyl sites for hydroxylation is 2. The van der Waals surface area contributed by atoms with Gasteiger partial charge in [-0.3, -0.25) is 9.89 Å². The number of carboxylic acids is 2. The van der Waals surface area contributed by atoms with Crippen molar-refractivity contribution in [2.45, 2.75) is 26.2 Å². The maximum absolute atomic E-state index is 10.8. The zero-order valence-corrected chi connectivity index (χ0v) is 8.28. The van der Waals surface area contributed by atoms with E-state index in [0.29, 0.717) is 24.2 Å². The minimum Gasteiger partial charge on any atom is -0.481 e. The average molecular weight is 212 g/mol. The summed E-state index contributed by atoms with van der Waals surface area (Å²) in [5, 5.41) is 23.7. The second-order valence-electron chi connectivity index (χ2n) is 3.22. The van der Waals surface area contributed by atoms with Gasteiger partial charge in [-0.05, 0) is 19.8 Å². The van der Waals surface area contributed by atoms with E-state index in [1.807, 2.05) is 0 Å². The number of H-pyrrole nitrogens is 1. The lowest BCUT2D eigenvalue weighted by Gasteiger charge is -1.97. The molecule has 0 aromatic carbocycles. The topological polar surface area (TPSA) is 103 Å². The van der Waals surface area contributed by atoms with Gasteiger partial charge in [0.2, 0.25) is 0 Å². The fourth-order valence-electron chi connectivity index (χ4n) is 1.35. The van der Waals surface area contributed by atoms with Gasteiger partial charge in [0, 0.05) is 12.1 Å². The van der Waals surface area contributed by atoms with Crippen LogP contribution in [0, 0.1) is 6.92 Å². The van der Waals surface area contributed by atoms with Gasteiger partial charge in [-0.2, -0.15) is 5.10 Å². The number of rotatable bonds is 5. The second-order valence-corrected chi connectivity index (χ2v) is 3.22. The Labute approximate surface area is 85.9 Å². The van der Waals surface area contributed by atoms with Crippen molar-refractivity contribution < 1.29 is 19.8 Å². The third-order valence-electron chi connectivity index (χ3n) is 2.04. The Kier molecular flexibility index (Phi) is 3.43. The molecule has 0 fully saturated rings. The van der Waals surface area contributed by atoms with Gasteiger partial charge >= 0.3 is 11.9 Å². The van der Waals surface area contributed by atoms with Crippen molar-refractivity contribution >= 4 is 11.9 Å². The minimum absolute atomic E-state index is 0.0188. The highest BCUT2D eigenvalue weighted by atomic mass is 16.4. The van der Waals surface area contributed by atoms with E-state index in [9.17, 15) is 9.59 Å². The maximum Gasteiger partial charge on any atom is 0.339 e. The number of aromatic carboxylic acids is 1. The number of aromatic amines is 1. The van der Waals surface area contributed by atoms with Crippen molar-refractivity contribution in [1.29, 1.82) is 0 Å². The molecule has 1 aromatic heterocycles. The molecular weight excluding hydrogens is 200 g/mol. The predicted molar refractivity (Wildman–Crippen MR) is 50.9 cm³/mol. The van der Waals surface area contributed by atoms with Crippen molar-refractivity contribution in [2.75, 3.05) is 0 Å². The summed E-state index contributed by atoms with van der Waals surface area (Å²) in [7, 11) is 0. The summed E-state index contributed by atoms with van der Waals surface area (Å²) in [5.74, 6) is -1.93. The summed E-state index contributed by atoms with van der Waals surface area (Å²) in [6.45, 7) is 1.62. The van der Waals surface area contributed by atoms with Crippen LogP contribution in [0.15, 0.2) is 0 Å². The molecule has 0 aliphatic rings. The number of carbonyl (C=O) groups is 2. The number of hydrogen-bond donors (Lipinski definition) is 3. The number of nitrogens with one attached hydrogen (secondary N) is 1. The van der Waals surface area contributed by atoms with E-state index in [0.717, 1.165) is 0 Å². The van der Waals surface area contributed by atoms with Crippen LogP contribution in [-0.4, -0.2) is 32.3 Å². The molecule has 0 atom stereocenters. The van der Waals surface area contributed by atoms with Crippen molar-refractivity contribution in [2.24, 2.45) is 0 Å². The van der Waals surface area contributed by atoms with E-state index in [4.69, 9.17) is 10.2 Å². The molecule has 0 unspecified atom stereocenters. The minimum atomic E-state index is -1.04. The molecule has 0 radical (unpaired) electrons.